The van der Waals surface area contributed by atoms with Crippen LogP contribution < -0.4 is 9.47 Å². The summed E-state index contributed by atoms with van der Waals surface area (Å²) < 4.78 is 16.0. The number of hydrogen-bond acceptors (Lipinski definition) is 6. The van der Waals surface area contributed by atoms with Crippen molar-refractivity contribution in [2.45, 2.75) is 18.9 Å². The number of nitro benzene ring substituents is 1. The number of carbonyl (C=O) groups is 1. The second-order valence-electron chi connectivity index (χ2n) is 4.51. The number of nitro groups is 1. The molecule has 0 amide bonds. The number of carboxylic acid groups (broad SMARTS) is 1. The van der Waals surface area contributed by atoms with Crippen molar-refractivity contribution in [2.75, 3.05) is 20.3 Å². The smallest absolute Gasteiger partial charge is 0.342 e. The van der Waals surface area contributed by atoms with E-state index in [9.17, 15) is 14.9 Å². The first-order valence-electron chi connectivity index (χ1n) is 6.37. The predicted molar refractivity (Wildman–Crippen MR) is 71.1 cm³/mol. The molecule has 2 rings (SSSR count). The summed E-state index contributed by atoms with van der Waals surface area (Å²) in [7, 11) is 1.35. The summed E-state index contributed by atoms with van der Waals surface area (Å²) in [6, 6.07) is 2.20. The SMILES string of the molecule is COc1cc(C(=O)O)c([N+](=O)[O-])cc1OC1CCOCC1. The third-order valence-electron chi connectivity index (χ3n) is 3.17. The lowest BCUT2D eigenvalue weighted by molar-refractivity contribution is -0.385. The molecule has 0 saturated carbocycles. The van der Waals surface area contributed by atoms with Crippen molar-refractivity contribution in [2.24, 2.45) is 0 Å². The first-order chi connectivity index (χ1) is 10.0. The number of hydrogen-bond donors (Lipinski definition) is 1. The highest BCUT2D eigenvalue weighted by Crippen LogP contribution is 2.36. The minimum Gasteiger partial charge on any atom is -0.493 e. The van der Waals surface area contributed by atoms with Crippen LogP contribution in [0.4, 0.5) is 5.69 Å². The minimum atomic E-state index is -1.39. The van der Waals surface area contributed by atoms with Crippen molar-refractivity contribution >= 4 is 11.7 Å². The van der Waals surface area contributed by atoms with Gasteiger partial charge in [-0.2, -0.15) is 0 Å². The summed E-state index contributed by atoms with van der Waals surface area (Å²) in [6.07, 6.45) is 1.19. The molecule has 1 heterocycles. The molecular weight excluding hydrogens is 282 g/mol. The summed E-state index contributed by atoms with van der Waals surface area (Å²) in [4.78, 5) is 21.3. The predicted octanol–water partition coefficient (Wildman–Crippen LogP) is 1.86. The first kappa shape index (κ1) is 15.0. The Labute approximate surface area is 120 Å². The van der Waals surface area contributed by atoms with E-state index in [1.165, 1.54) is 7.11 Å². The molecule has 0 spiro atoms. The third kappa shape index (κ3) is 3.40. The van der Waals surface area contributed by atoms with Gasteiger partial charge in [0.05, 0.1) is 31.3 Å². The molecule has 1 aromatic rings. The number of ether oxygens (including phenoxy) is 3. The molecule has 21 heavy (non-hydrogen) atoms. The van der Waals surface area contributed by atoms with Crippen LogP contribution in [0, 0.1) is 10.1 Å². The van der Waals surface area contributed by atoms with E-state index in [0.717, 1.165) is 12.1 Å². The van der Waals surface area contributed by atoms with Crippen LogP contribution in [-0.2, 0) is 4.74 Å². The lowest BCUT2D eigenvalue weighted by Crippen LogP contribution is -2.26. The number of carboxylic acids is 1. The first-order valence-corrected chi connectivity index (χ1v) is 6.37. The minimum absolute atomic E-state index is 0.136. The maximum Gasteiger partial charge on any atom is 0.342 e. The van der Waals surface area contributed by atoms with Gasteiger partial charge in [0, 0.05) is 18.9 Å². The summed E-state index contributed by atoms with van der Waals surface area (Å²) in [5.74, 6) is -1.07. The standard InChI is InChI=1S/C13H15NO7/c1-19-11-6-9(13(15)16)10(14(17)18)7-12(11)21-8-2-4-20-5-3-8/h6-8H,2-5H2,1H3,(H,15,16). The average molecular weight is 297 g/mol. The van der Waals surface area contributed by atoms with Crippen molar-refractivity contribution in [1.82, 2.24) is 0 Å². The Kier molecular flexibility index (Phi) is 4.59. The van der Waals surface area contributed by atoms with Gasteiger partial charge < -0.3 is 19.3 Å². The quantitative estimate of drug-likeness (QED) is 0.652. The fourth-order valence-corrected chi connectivity index (χ4v) is 2.10. The normalized spacial score (nSPS) is 15.5. The largest absolute Gasteiger partial charge is 0.493 e. The summed E-state index contributed by atoms with van der Waals surface area (Å²) in [5, 5.41) is 20.0. The Balaban J connectivity index is 2.36. The summed E-state index contributed by atoms with van der Waals surface area (Å²) in [6.45, 7) is 1.12. The van der Waals surface area contributed by atoms with Gasteiger partial charge in [-0.25, -0.2) is 4.79 Å². The fraction of sp³-hybridized carbons (Fsp3) is 0.462. The fourth-order valence-electron chi connectivity index (χ4n) is 2.10. The average Bonchev–Trinajstić information content (AvgIpc) is 2.47. The molecule has 0 unspecified atom stereocenters. The van der Waals surface area contributed by atoms with E-state index < -0.39 is 22.1 Å². The zero-order valence-corrected chi connectivity index (χ0v) is 11.4. The van der Waals surface area contributed by atoms with Crippen LogP contribution in [0.3, 0.4) is 0 Å². The molecular formula is C13H15NO7. The number of benzene rings is 1. The Morgan fingerprint density at radius 1 is 1.38 bits per heavy atom. The zero-order chi connectivity index (χ0) is 15.4. The van der Waals surface area contributed by atoms with Crippen molar-refractivity contribution in [3.05, 3.63) is 27.8 Å². The molecule has 8 nitrogen and oxygen atoms in total. The second kappa shape index (κ2) is 6.40. The van der Waals surface area contributed by atoms with Crippen molar-refractivity contribution in [3.63, 3.8) is 0 Å². The van der Waals surface area contributed by atoms with Gasteiger partial charge in [-0.1, -0.05) is 0 Å². The molecule has 1 fully saturated rings. The maximum absolute atomic E-state index is 11.1. The van der Waals surface area contributed by atoms with Crippen molar-refractivity contribution < 1.29 is 29.0 Å². The maximum atomic E-state index is 11.1. The molecule has 1 aromatic carbocycles. The van der Waals surface area contributed by atoms with Gasteiger partial charge in [-0.3, -0.25) is 10.1 Å². The van der Waals surface area contributed by atoms with Crippen LogP contribution in [0.1, 0.15) is 23.2 Å². The van der Waals surface area contributed by atoms with Gasteiger partial charge in [0.25, 0.3) is 5.69 Å². The van der Waals surface area contributed by atoms with Crippen LogP contribution in [0.15, 0.2) is 12.1 Å². The Bertz CT molecular complexity index is 552. The number of methoxy groups -OCH3 is 1. The monoisotopic (exact) mass is 297 g/mol. The summed E-state index contributed by atoms with van der Waals surface area (Å²) >= 11 is 0. The zero-order valence-electron chi connectivity index (χ0n) is 11.4. The van der Waals surface area contributed by atoms with Crippen molar-refractivity contribution in [3.8, 4) is 11.5 Å². The number of nitrogens with zero attached hydrogens (tertiary/aromatic N) is 1. The van der Waals surface area contributed by atoms with E-state index in [0.29, 0.717) is 26.1 Å². The topological polar surface area (TPSA) is 108 Å². The molecule has 8 heteroatoms. The van der Waals surface area contributed by atoms with Gasteiger partial charge in [-0.15, -0.1) is 0 Å². The van der Waals surface area contributed by atoms with E-state index in [4.69, 9.17) is 19.3 Å². The van der Waals surface area contributed by atoms with E-state index in [-0.39, 0.29) is 17.6 Å². The van der Waals surface area contributed by atoms with Gasteiger partial charge in [0.15, 0.2) is 11.5 Å². The van der Waals surface area contributed by atoms with Gasteiger partial charge in [-0.05, 0) is 0 Å². The molecule has 0 radical (unpaired) electrons. The molecule has 1 aliphatic heterocycles. The van der Waals surface area contributed by atoms with Crippen LogP contribution in [0.25, 0.3) is 0 Å². The molecule has 1 saturated heterocycles. The van der Waals surface area contributed by atoms with Crippen LogP contribution in [0.5, 0.6) is 11.5 Å². The molecule has 0 bridgehead atoms. The van der Waals surface area contributed by atoms with Crippen molar-refractivity contribution in [1.29, 1.82) is 0 Å². The molecule has 1 N–H and O–H groups in total. The van der Waals surface area contributed by atoms with E-state index in [2.05, 4.69) is 0 Å². The number of rotatable bonds is 5. The van der Waals surface area contributed by atoms with Gasteiger partial charge >= 0.3 is 5.97 Å². The summed E-state index contributed by atoms with van der Waals surface area (Å²) in [5.41, 5.74) is -0.957. The molecule has 0 atom stereocenters. The molecule has 0 aromatic heterocycles. The van der Waals surface area contributed by atoms with Crippen LogP contribution in [0.2, 0.25) is 0 Å². The lowest BCUT2D eigenvalue weighted by atomic mass is 10.1. The second-order valence-corrected chi connectivity index (χ2v) is 4.51. The Morgan fingerprint density at radius 2 is 2.05 bits per heavy atom. The Hall–Kier alpha value is -2.35. The van der Waals surface area contributed by atoms with Crippen LogP contribution in [-0.4, -0.2) is 42.4 Å². The van der Waals surface area contributed by atoms with E-state index >= 15 is 0 Å². The third-order valence-corrected chi connectivity index (χ3v) is 3.17. The highest BCUT2D eigenvalue weighted by Gasteiger charge is 2.26. The van der Waals surface area contributed by atoms with Gasteiger partial charge in [0.1, 0.15) is 11.7 Å². The number of aromatic carboxylic acids is 1. The molecule has 1 aliphatic rings. The molecule has 114 valence electrons. The highest BCUT2D eigenvalue weighted by molar-refractivity contribution is 5.93. The lowest BCUT2D eigenvalue weighted by Gasteiger charge is -2.24. The van der Waals surface area contributed by atoms with E-state index in [1.807, 2.05) is 0 Å². The van der Waals surface area contributed by atoms with Gasteiger partial charge in [0.2, 0.25) is 0 Å². The Morgan fingerprint density at radius 3 is 2.57 bits per heavy atom. The molecule has 0 aliphatic carbocycles. The van der Waals surface area contributed by atoms with Crippen LogP contribution >= 0.6 is 0 Å². The highest BCUT2D eigenvalue weighted by atomic mass is 16.6. The van der Waals surface area contributed by atoms with E-state index in [1.54, 1.807) is 0 Å².